The molecule has 1 aromatic carbocycles. The van der Waals surface area contributed by atoms with Gasteiger partial charge in [-0.2, -0.15) is 0 Å². The first-order valence-corrected chi connectivity index (χ1v) is 9.25. The Morgan fingerprint density at radius 1 is 1.11 bits per heavy atom. The second kappa shape index (κ2) is 6.59. The minimum absolute atomic E-state index is 0.0623. The van der Waals surface area contributed by atoms with E-state index in [1.807, 2.05) is 28.9 Å². The van der Waals surface area contributed by atoms with E-state index in [1.54, 1.807) is 6.20 Å². The Kier molecular flexibility index (Phi) is 3.94. The smallest absolute Gasteiger partial charge is 0.180 e. The molecule has 1 fully saturated rings. The van der Waals surface area contributed by atoms with Crippen LogP contribution in [0.3, 0.4) is 0 Å². The van der Waals surface area contributed by atoms with Crippen LogP contribution in [-0.2, 0) is 6.54 Å². The summed E-state index contributed by atoms with van der Waals surface area (Å²) in [6, 6.07) is 14.1. The summed E-state index contributed by atoms with van der Waals surface area (Å²) in [5.74, 6) is 0.750. The van der Waals surface area contributed by atoms with Crippen LogP contribution in [0, 0.1) is 0 Å². The Morgan fingerprint density at radius 2 is 2.04 bits per heavy atom. The van der Waals surface area contributed by atoms with E-state index in [2.05, 4.69) is 38.8 Å². The van der Waals surface area contributed by atoms with Crippen molar-refractivity contribution in [2.24, 2.45) is 0 Å². The molecular formula is C20H20N6O. The van der Waals surface area contributed by atoms with Crippen molar-refractivity contribution < 1.29 is 5.11 Å². The van der Waals surface area contributed by atoms with Crippen LogP contribution < -0.4 is 5.32 Å². The fourth-order valence-corrected chi connectivity index (χ4v) is 3.74. The topological polar surface area (TPSA) is 88.8 Å². The van der Waals surface area contributed by atoms with Gasteiger partial charge in [0.2, 0.25) is 0 Å². The predicted octanol–water partition coefficient (Wildman–Crippen LogP) is 2.75. The molecule has 136 valence electrons. The van der Waals surface area contributed by atoms with Crippen molar-refractivity contribution in [3.8, 4) is 0 Å². The Morgan fingerprint density at radius 3 is 2.93 bits per heavy atom. The first-order chi connectivity index (χ1) is 13.3. The van der Waals surface area contributed by atoms with Gasteiger partial charge in [-0.05, 0) is 55.2 Å². The van der Waals surface area contributed by atoms with Crippen molar-refractivity contribution in [2.75, 3.05) is 5.32 Å². The summed E-state index contributed by atoms with van der Waals surface area (Å²) in [7, 11) is 0. The second-order valence-electron chi connectivity index (χ2n) is 7.07. The van der Waals surface area contributed by atoms with E-state index in [9.17, 15) is 5.11 Å². The van der Waals surface area contributed by atoms with E-state index in [0.717, 1.165) is 52.7 Å². The molecule has 0 amide bonds. The highest BCUT2D eigenvalue weighted by Crippen LogP contribution is 2.23. The van der Waals surface area contributed by atoms with Crippen LogP contribution in [0.5, 0.6) is 0 Å². The van der Waals surface area contributed by atoms with Gasteiger partial charge >= 0.3 is 0 Å². The molecule has 3 heterocycles. The van der Waals surface area contributed by atoms with Crippen LogP contribution in [0.1, 0.15) is 24.8 Å². The molecule has 0 spiro atoms. The zero-order valence-electron chi connectivity index (χ0n) is 14.8. The summed E-state index contributed by atoms with van der Waals surface area (Å²) < 4.78 is 1.81. The third-order valence-corrected chi connectivity index (χ3v) is 5.17. The molecule has 0 radical (unpaired) electrons. The molecule has 2 N–H and O–H groups in total. The minimum Gasteiger partial charge on any atom is -0.391 e. The number of aliphatic hydroxyl groups excluding tert-OH is 1. The van der Waals surface area contributed by atoms with E-state index in [0.29, 0.717) is 6.54 Å². The lowest BCUT2D eigenvalue weighted by Gasteiger charge is -2.16. The van der Waals surface area contributed by atoms with Crippen molar-refractivity contribution in [1.82, 2.24) is 25.0 Å². The normalized spacial score (nSPS) is 19.7. The third-order valence-electron chi connectivity index (χ3n) is 5.17. The Labute approximate surface area is 156 Å². The van der Waals surface area contributed by atoms with Crippen LogP contribution in [0.15, 0.2) is 48.7 Å². The van der Waals surface area contributed by atoms with Crippen LogP contribution in [0.4, 0.5) is 5.82 Å². The van der Waals surface area contributed by atoms with Gasteiger partial charge in [-0.3, -0.25) is 4.98 Å². The summed E-state index contributed by atoms with van der Waals surface area (Å²) in [4.78, 5) is 9.05. The largest absolute Gasteiger partial charge is 0.391 e. The molecular weight excluding hydrogens is 340 g/mol. The lowest BCUT2D eigenvalue weighted by molar-refractivity contribution is 0.171. The highest BCUT2D eigenvalue weighted by molar-refractivity contribution is 5.79. The fraction of sp³-hybridized carbons (Fsp3) is 0.300. The summed E-state index contributed by atoms with van der Waals surface area (Å²) >= 11 is 0. The van der Waals surface area contributed by atoms with Gasteiger partial charge in [-0.15, -0.1) is 5.10 Å². The number of aromatic nitrogens is 5. The zero-order chi connectivity index (χ0) is 18.2. The van der Waals surface area contributed by atoms with Crippen LogP contribution in [-0.4, -0.2) is 42.2 Å². The monoisotopic (exact) mass is 360 g/mol. The number of anilines is 1. The zero-order valence-corrected chi connectivity index (χ0v) is 14.8. The maximum Gasteiger partial charge on any atom is 0.180 e. The average Bonchev–Trinajstić information content (AvgIpc) is 3.28. The Hall–Kier alpha value is -3.06. The standard InChI is InChI=1S/C20H20N6O/c27-18-5-1-4-16(18)22-19-9-8-17-20(23-19)26(25-24-17)12-13-6-7-15-14(11-13)3-2-10-21-15/h2-3,6-11,16,18,27H,1,4-5,12H2,(H,22,23). The molecule has 7 nitrogen and oxygen atoms in total. The van der Waals surface area contributed by atoms with Gasteiger partial charge in [0, 0.05) is 11.6 Å². The average molecular weight is 360 g/mol. The number of aliphatic hydroxyl groups is 1. The summed E-state index contributed by atoms with van der Waals surface area (Å²) in [6.45, 7) is 0.587. The van der Waals surface area contributed by atoms with E-state index < -0.39 is 0 Å². The summed E-state index contributed by atoms with van der Waals surface area (Å²) in [5.41, 5.74) is 3.59. The van der Waals surface area contributed by atoms with Crippen molar-refractivity contribution in [3.05, 3.63) is 54.2 Å². The van der Waals surface area contributed by atoms with Crippen molar-refractivity contribution in [2.45, 2.75) is 38.0 Å². The van der Waals surface area contributed by atoms with E-state index in [4.69, 9.17) is 4.98 Å². The van der Waals surface area contributed by atoms with Crippen LogP contribution >= 0.6 is 0 Å². The molecule has 2 atom stereocenters. The Balaban J connectivity index is 1.44. The van der Waals surface area contributed by atoms with Crippen molar-refractivity contribution in [1.29, 1.82) is 0 Å². The molecule has 1 aliphatic rings. The molecule has 27 heavy (non-hydrogen) atoms. The maximum absolute atomic E-state index is 10.0. The predicted molar refractivity (Wildman–Crippen MR) is 103 cm³/mol. The van der Waals surface area contributed by atoms with Gasteiger partial charge in [-0.1, -0.05) is 17.3 Å². The molecule has 1 aliphatic carbocycles. The number of nitrogens with one attached hydrogen (secondary N) is 1. The van der Waals surface area contributed by atoms with Crippen molar-refractivity contribution >= 4 is 27.9 Å². The van der Waals surface area contributed by atoms with E-state index >= 15 is 0 Å². The first-order valence-electron chi connectivity index (χ1n) is 9.25. The van der Waals surface area contributed by atoms with Gasteiger partial charge in [0.15, 0.2) is 5.65 Å². The SMILES string of the molecule is OC1CCCC1Nc1ccc2nnn(Cc3ccc4ncccc4c3)c2n1. The number of nitrogens with zero attached hydrogens (tertiary/aromatic N) is 5. The molecule has 0 bridgehead atoms. The molecule has 1 saturated carbocycles. The summed E-state index contributed by atoms with van der Waals surface area (Å²) in [6.07, 6.45) is 4.33. The van der Waals surface area contributed by atoms with Crippen molar-refractivity contribution in [3.63, 3.8) is 0 Å². The molecule has 5 rings (SSSR count). The number of rotatable bonds is 4. The molecule has 0 aliphatic heterocycles. The highest BCUT2D eigenvalue weighted by atomic mass is 16.3. The van der Waals surface area contributed by atoms with Gasteiger partial charge in [0.25, 0.3) is 0 Å². The van der Waals surface area contributed by atoms with Gasteiger partial charge in [0.1, 0.15) is 11.3 Å². The molecule has 0 saturated heterocycles. The maximum atomic E-state index is 10.0. The molecule has 2 unspecified atom stereocenters. The number of benzene rings is 1. The quantitative estimate of drug-likeness (QED) is 0.582. The van der Waals surface area contributed by atoms with E-state index in [-0.39, 0.29) is 12.1 Å². The van der Waals surface area contributed by atoms with Crippen LogP contribution in [0.25, 0.3) is 22.1 Å². The molecule has 7 heteroatoms. The number of pyridine rings is 2. The Bertz CT molecular complexity index is 1110. The number of hydrogen-bond acceptors (Lipinski definition) is 6. The minimum atomic E-state index is -0.309. The molecule has 3 aromatic heterocycles. The van der Waals surface area contributed by atoms with E-state index in [1.165, 1.54) is 0 Å². The lowest BCUT2D eigenvalue weighted by Crippen LogP contribution is -2.28. The van der Waals surface area contributed by atoms with Gasteiger partial charge in [0.05, 0.1) is 24.2 Å². The lowest BCUT2D eigenvalue weighted by atomic mass is 10.1. The van der Waals surface area contributed by atoms with Gasteiger partial charge in [-0.25, -0.2) is 9.67 Å². The first kappa shape index (κ1) is 16.1. The number of fused-ring (bicyclic) bond motifs is 2. The second-order valence-corrected chi connectivity index (χ2v) is 7.07. The number of hydrogen-bond donors (Lipinski definition) is 2. The third kappa shape index (κ3) is 3.10. The molecule has 4 aromatic rings. The summed E-state index contributed by atoms with van der Waals surface area (Å²) in [5, 5.41) is 23.0. The highest BCUT2D eigenvalue weighted by Gasteiger charge is 2.25. The van der Waals surface area contributed by atoms with Crippen LogP contribution in [0.2, 0.25) is 0 Å². The van der Waals surface area contributed by atoms with Gasteiger partial charge < -0.3 is 10.4 Å². The fourth-order valence-electron chi connectivity index (χ4n) is 3.74.